The van der Waals surface area contributed by atoms with Crippen LogP contribution < -0.4 is 5.32 Å². The number of sulfone groups is 1. The molecule has 0 saturated heterocycles. The number of carbonyl (C=O) groups excluding carboxylic acids is 1. The quantitative estimate of drug-likeness (QED) is 0.690. The predicted octanol–water partition coefficient (Wildman–Crippen LogP) is 3.47. The average Bonchev–Trinajstić information content (AvgIpc) is 2.69. The van der Waals surface area contributed by atoms with E-state index in [1.807, 2.05) is 6.92 Å². The van der Waals surface area contributed by atoms with Crippen LogP contribution in [0.5, 0.6) is 0 Å². The molecule has 3 rings (SSSR count). The van der Waals surface area contributed by atoms with Gasteiger partial charge in [-0.3, -0.25) is 9.78 Å². The molecular formula is C21H19FN2O3S. The summed E-state index contributed by atoms with van der Waals surface area (Å²) < 4.78 is 39.5. The minimum Gasteiger partial charge on any atom is -0.350 e. The van der Waals surface area contributed by atoms with E-state index < -0.39 is 26.8 Å². The van der Waals surface area contributed by atoms with E-state index in [0.29, 0.717) is 5.56 Å². The zero-order chi connectivity index (χ0) is 20.1. The van der Waals surface area contributed by atoms with E-state index in [1.54, 1.807) is 42.6 Å². The standard InChI is InChI=1S/C21H19FN2O3S/c1-15-4-10-19(11-5-15)28(26,27)20(17-3-2-12-23-13-17)14-24-21(25)16-6-8-18(22)9-7-16/h2-13,20H,14H2,1H3,(H,24,25)/t20-/m1/s1. The second-order valence-electron chi connectivity index (χ2n) is 6.35. The molecule has 0 spiro atoms. The van der Waals surface area contributed by atoms with Crippen molar-refractivity contribution in [3.05, 3.63) is 95.6 Å². The Balaban J connectivity index is 1.88. The first kappa shape index (κ1) is 19.7. The van der Waals surface area contributed by atoms with Gasteiger partial charge in [0, 0.05) is 24.5 Å². The largest absolute Gasteiger partial charge is 0.350 e. The number of rotatable bonds is 6. The third kappa shape index (κ3) is 4.43. The van der Waals surface area contributed by atoms with Crippen LogP contribution in [-0.4, -0.2) is 25.9 Å². The Morgan fingerprint density at radius 1 is 1.07 bits per heavy atom. The van der Waals surface area contributed by atoms with E-state index in [-0.39, 0.29) is 17.0 Å². The van der Waals surface area contributed by atoms with E-state index in [0.717, 1.165) is 5.56 Å². The number of pyridine rings is 1. The topological polar surface area (TPSA) is 76.1 Å². The fourth-order valence-electron chi connectivity index (χ4n) is 2.75. The minimum absolute atomic E-state index is 0.141. The Bertz CT molecular complexity index is 1050. The van der Waals surface area contributed by atoms with Gasteiger partial charge in [-0.1, -0.05) is 23.8 Å². The lowest BCUT2D eigenvalue weighted by Crippen LogP contribution is -2.32. The van der Waals surface area contributed by atoms with Crippen molar-refractivity contribution in [2.75, 3.05) is 6.54 Å². The van der Waals surface area contributed by atoms with Crippen LogP contribution in [0, 0.1) is 12.7 Å². The number of benzene rings is 2. The van der Waals surface area contributed by atoms with Crippen LogP contribution in [0.25, 0.3) is 0 Å². The SMILES string of the molecule is Cc1ccc(S(=O)(=O)[C@H](CNC(=O)c2ccc(F)cc2)c2cccnc2)cc1. The third-order valence-corrected chi connectivity index (χ3v) is 6.45. The molecule has 1 amide bonds. The second kappa shape index (κ2) is 8.31. The summed E-state index contributed by atoms with van der Waals surface area (Å²) in [5.41, 5.74) is 1.67. The highest BCUT2D eigenvalue weighted by atomic mass is 32.2. The zero-order valence-electron chi connectivity index (χ0n) is 15.2. The van der Waals surface area contributed by atoms with Crippen LogP contribution in [0.2, 0.25) is 0 Å². The number of hydrogen-bond acceptors (Lipinski definition) is 4. The highest BCUT2D eigenvalue weighted by Crippen LogP contribution is 2.28. The van der Waals surface area contributed by atoms with Crippen molar-refractivity contribution in [3.63, 3.8) is 0 Å². The van der Waals surface area contributed by atoms with Gasteiger partial charge in [0.05, 0.1) is 4.90 Å². The normalized spacial score (nSPS) is 12.4. The van der Waals surface area contributed by atoms with Gasteiger partial charge in [0.25, 0.3) is 5.91 Å². The summed E-state index contributed by atoms with van der Waals surface area (Å²) >= 11 is 0. The van der Waals surface area contributed by atoms with Gasteiger partial charge >= 0.3 is 0 Å². The number of nitrogens with one attached hydrogen (secondary N) is 1. The summed E-state index contributed by atoms with van der Waals surface area (Å²) in [7, 11) is -3.77. The van der Waals surface area contributed by atoms with Crippen molar-refractivity contribution in [2.24, 2.45) is 0 Å². The van der Waals surface area contributed by atoms with Crippen LogP contribution in [-0.2, 0) is 9.84 Å². The maximum absolute atomic E-state index is 13.2. The number of nitrogens with zero attached hydrogens (tertiary/aromatic N) is 1. The molecule has 1 aromatic heterocycles. The Morgan fingerprint density at radius 2 is 1.75 bits per heavy atom. The maximum atomic E-state index is 13.2. The van der Waals surface area contributed by atoms with Gasteiger partial charge in [-0.05, 0) is 55.0 Å². The zero-order valence-corrected chi connectivity index (χ0v) is 16.0. The molecule has 0 saturated carbocycles. The molecule has 2 aromatic carbocycles. The summed E-state index contributed by atoms with van der Waals surface area (Å²) in [5.74, 6) is -0.931. The number of amides is 1. The molecule has 1 N–H and O–H groups in total. The molecule has 1 heterocycles. The first-order valence-corrected chi connectivity index (χ1v) is 10.2. The van der Waals surface area contributed by atoms with Crippen LogP contribution in [0.3, 0.4) is 0 Å². The lowest BCUT2D eigenvalue weighted by Gasteiger charge is -2.19. The summed E-state index contributed by atoms with van der Waals surface area (Å²) in [5, 5.41) is 1.63. The Kier molecular flexibility index (Phi) is 5.84. The average molecular weight is 398 g/mol. The molecular weight excluding hydrogens is 379 g/mol. The first-order chi connectivity index (χ1) is 13.4. The highest BCUT2D eigenvalue weighted by Gasteiger charge is 2.30. The molecule has 3 aromatic rings. The second-order valence-corrected chi connectivity index (χ2v) is 8.48. The van der Waals surface area contributed by atoms with Crippen LogP contribution >= 0.6 is 0 Å². The fraction of sp³-hybridized carbons (Fsp3) is 0.143. The van der Waals surface area contributed by atoms with Crippen molar-refractivity contribution >= 4 is 15.7 Å². The summed E-state index contributed by atoms with van der Waals surface area (Å²) in [6.07, 6.45) is 3.02. The molecule has 0 aliphatic rings. The van der Waals surface area contributed by atoms with Gasteiger partial charge in [-0.2, -0.15) is 0 Å². The Morgan fingerprint density at radius 3 is 2.36 bits per heavy atom. The van der Waals surface area contributed by atoms with Crippen molar-refractivity contribution in [1.29, 1.82) is 0 Å². The molecule has 1 atom stereocenters. The molecule has 144 valence electrons. The Hall–Kier alpha value is -3.06. The van der Waals surface area contributed by atoms with Gasteiger partial charge in [-0.25, -0.2) is 12.8 Å². The van der Waals surface area contributed by atoms with Gasteiger partial charge in [0.2, 0.25) is 0 Å². The van der Waals surface area contributed by atoms with Gasteiger partial charge in [0.1, 0.15) is 11.1 Å². The van der Waals surface area contributed by atoms with Crippen molar-refractivity contribution in [2.45, 2.75) is 17.1 Å². The Labute approximate surface area is 163 Å². The third-order valence-electron chi connectivity index (χ3n) is 4.33. The van der Waals surface area contributed by atoms with E-state index in [1.165, 1.54) is 30.5 Å². The molecule has 0 bridgehead atoms. The van der Waals surface area contributed by atoms with E-state index in [2.05, 4.69) is 10.3 Å². The summed E-state index contributed by atoms with van der Waals surface area (Å²) in [6.45, 7) is 1.73. The number of halogens is 1. The molecule has 0 radical (unpaired) electrons. The van der Waals surface area contributed by atoms with Crippen molar-refractivity contribution in [1.82, 2.24) is 10.3 Å². The minimum atomic E-state index is -3.77. The van der Waals surface area contributed by atoms with Crippen LogP contribution in [0.15, 0.2) is 78.0 Å². The monoisotopic (exact) mass is 398 g/mol. The summed E-state index contributed by atoms with van der Waals surface area (Å²) in [6, 6.07) is 14.9. The van der Waals surface area contributed by atoms with E-state index in [9.17, 15) is 17.6 Å². The maximum Gasteiger partial charge on any atom is 0.251 e. The molecule has 0 aliphatic carbocycles. The van der Waals surface area contributed by atoms with E-state index >= 15 is 0 Å². The first-order valence-electron chi connectivity index (χ1n) is 8.62. The van der Waals surface area contributed by atoms with Crippen molar-refractivity contribution < 1.29 is 17.6 Å². The predicted molar refractivity (Wildman–Crippen MR) is 104 cm³/mol. The number of carbonyl (C=O) groups is 1. The molecule has 28 heavy (non-hydrogen) atoms. The molecule has 7 heteroatoms. The van der Waals surface area contributed by atoms with Gasteiger partial charge in [-0.15, -0.1) is 0 Å². The molecule has 0 aliphatic heterocycles. The molecule has 5 nitrogen and oxygen atoms in total. The summed E-state index contributed by atoms with van der Waals surface area (Å²) in [4.78, 5) is 16.5. The number of aromatic nitrogens is 1. The number of hydrogen-bond donors (Lipinski definition) is 1. The molecule has 0 unspecified atom stereocenters. The van der Waals surface area contributed by atoms with Crippen LogP contribution in [0.4, 0.5) is 4.39 Å². The smallest absolute Gasteiger partial charge is 0.251 e. The fourth-order valence-corrected chi connectivity index (χ4v) is 4.40. The molecule has 0 fully saturated rings. The number of aryl methyl sites for hydroxylation is 1. The van der Waals surface area contributed by atoms with Gasteiger partial charge in [0.15, 0.2) is 9.84 Å². The van der Waals surface area contributed by atoms with Crippen LogP contribution in [0.1, 0.15) is 26.7 Å². The van der Waals surface area contributed by atoms with Crippen molar-refractivity contribution in [3.8, 4) is 0 Å². The lowest BCUT2D eigenvalue weighted by molar-refractivity contribution is 0.0953. The highest BCUT2D eigenvalue weighted by molar-refractivity contribution is 7.91. The lowest BCUT2D eigenvalue weighted by atomic mass is 10.2. The van der Waals surface area contributed by atoms with E-state index in [4.69, 9.17) is 0 Å². The van der Waals surface area contributed by atoms with Gasteiger partial charge < -0.3 is 5.32 Å².